The Morgan fingerprint density at radius 3 is 2.60 bits per heavy atom. The van der Waals surface area contributed by atoms with Gasteiger partial charge in [-0.25, -0.2) is 4.39 Å². The van der Waals surface area contributed by atoms with Gasteiger partial charge in [0.25, 0.3) is 0 Å². The summed E-state index contributed by atoms with van der Waals surface area (Å²) in [4.78, 5) is 0. The van der Waals surface area contributed by atoms with Gasteiger partial charge in [0, 0.05) is 4.47 Å². The Labute approximate surface area is 98.0 Å². The molecule has 82 valence electrons. The topological polar surface area (TPSA) is 26.0 Å². The number of hydrogen-bond donors (Lipinski definition) is 1. The van der Waals surface area contributed by atoms with E-state index in [9.17, 15) is 4.39 Å². The molecule has 0 amide bonds. The second-order valence-electron chi connectivity index (χ2n) is 4.47. The highest BCUT2D eigenvalue weighted by atomic mass is 79.9. The predicted octanol–water partition coefficient (Wildman–Crippen LogP) is 3.26. The molecule has 0 radical (unpaired) electrons. The molecular formula is C12H15BrFN. The molecule has 1 saturated carbocycles. The minimum atomic E-state index is -0.193. The van der Waals surface area contributed by atoms with E-state index in [2.05, 4.69) is 15.9 Å². The zero-order valence-corrected chi connectivity index (χ0v) is 10.2. The van der Waals surface area contributed by atoms with E-state index in [0.717, 1.165) is 17.4 Å². The second-order valence-corrected chi connectivity index (χ2v) is 5.32. The summed E-state index contributed by atoms with van der Waals surface area (Å²) in [5.41, 5.74) is 7.25. The van der Waals surface area contributed by atoms with Crippen LogP contribution in [0.5, 0.6) is 0 Å². The SMILES string of the molecule is NCC1(Cc2ccc(F)cc2Br)CCC1. The molecule has 0 spiro atoms. The molecule has 3 heteroatoms. The van der Waals surface area contributed by atoms with Crippen LogP contribution in [0.15, 0.2) is 22.7 Å². The van der Waals surface area contributed by atoms with Gasteiger partial charge in [0.05, 0.1) is 0 Å². The summed E-state index contributed by atoms with van der Waals surface area (Å²) >= 11 is 3.40. The first kappa shape index (κ1) is 11.1. The first-order valence-corrected chi connectivity index (χ1v) is 6.09. The third-order valence-corrected chi connectivity index (χ3v) is 4.17. The van der Waals surface area contributed by atoms with Crippen molar-refractivity contribution in [2.75, 3.05) is 6.54 Å². The van der Waals surface area contributed by atoms with Crippen molar-refractivity contribution in [2.24, 2.45) is 11.1 Å². The van der Waals surface area contributed by atoms with Crippen LogP contribution in [0.3, 0.4) is 0 Å². The Morgan fingerprint density at radius 2 is 2.13 bits per heavy atom. The summed E-state index contributed by atoms with van der Waals surface area (Å²) in [6, 6.07) is 4.90. The summed E-state index contributed by atoms with van der Waals surface area (Å²) in [7, 11) is 0. The molecule has 0 unspecified atom stereocenters. The van der Waals surface area contributed by atoms with Gasteiger partial charge < -0.3 is 5.73 Å². The molecule has 2 rings (SSSR count). The van der Waals surface area contributed by atoms with Crippen LogP contribution in [0.25, 0.3) is 0 Å². The lowest BCUT2D eigenvalue weighted by atomic mass is 9.65. The highest BCUT2D eigenvalue weighted by Gasteiger charge is 2.35. The van der Waals surface area contributed by atoms with Crippen LogP contribution in [-0.2, 0) is 6.42 Å². The minimum absolute atomic E-state index is 0.193. The largest absolute Gasteiger partial charge is 0.330 e. The maximum Gasteiger partial charge on any atom is 0.124 e. The van der Waals surface area contributed by atoms with Gasteiger partial charge in [0.2, 0.25) is 0 Å². The molecule has 0 heterocycles. The number of halogens is 2. The summed E-state index contributed by atoms with van der Waals surface area (Å²) in [5.74, 6) is -0.193. The standard InChI is InChI=1S/C12H15BrFN/c13-11-6-10(14)3-2-9(11)7-12(8-15)4-1-5-12/h2-3,6H,1,4-5,7-8,15H2. The fourth-order valence-electron chi connectivity index (χ4n) is 2.20. The Hall–Kier alpha value is -0.410. The number of benzene rings is 1. The summed E-state index contributed by atoms with van der Waals surface area (Å²) in [6.07, 6.45) is 4.64. The molecule has 0 atom stereocenters. The van der Waals surface area contributed by atoms with Crippen LogP contribution in [0.1, 0.15) is 24.8 Å². The van der Waals surface area contributed by atoms with Gasteiger partial charge in [0.15, 0.2) is 0 Å². The predicted molar refractivity (Wildman–Crippen MR) is 63.1 cm³/mol. The number of hydrogen-bond acceptors (Lipinski definition) is 1. The molecule has 15 heavy (non-hydrogen) atoms. The van der Waals surface area contributed by atoms with Gasteiger partial charge in [-0.05, 0) is 48.9 Å². The van der Waals surface area contributed by atoms with Gasteiger partial charge in [-0.2, -0.15) is 0 Å². The molecule has 1 aromatic rings. The second kappa shape index (κ2) is 4.22. The normalized spacial score (nSPS) is 18.6. The molecule has 0 aromatic heterocycles. The summed E-state index contributed by atoms with van der Waals surface area (Å²) < 4.78 is 13.8. The van der Waals surface area contributed by atoms with E-state index in [-0.39, 0.29) is 11.2 Å². The molecule has 1 nitrogen and oxygen atoms in total. The average Bonchev–Trinajstić information content (AvgIpc) is 2.14. The van der Waals surface area contributed by atoms with Crippen LogP contribution < -0.4 is 5.73 Å². The Morgan fingerprint density at radius 1 is 1.40 bits per heavy atom. The van der Waals surface area contributed by atoms with Crippen molar-refractivity contribution in [2.45, 2.75) is 25.7 Å². The third kappa shape index (κ3) is 2.23. The van der Waals surface area contributed by atoms with Gasteiger partial charge in [0.1, 0.15) is 5.82 Å². The highest BCUT2D eigenvalue weighted by molar-refractivity contribution is 9.10. The maximum absolute atomic E-state index is 12.9. The lowest BCUT2D eigenvalue weighted by Crippen LogP contribution is -2.39. The van der Waals surface area contributed by atoms with Crippen molar-refractivity contribution in [3.05, 3.63) is 34.1 Å². The highest BCUT2D eigenvalue weighted by Crippen LogP contribution is 2.43. The number of rotatable bonds is 3. The monoisotopic (exact) mass is 271 g/mol. The average molecular weight is 272 g/mol. The van der Waals surface area contributed by atoms with Crippen molar-refractivity contribution < 1.29 is 4.39 Å². The molecule has 1 aliphatic rings. The molecule has 0 aliphatic heterocycles. The molecule has 0 saturated heterocycles. The first-order chi connectivity index (χ1) is 7.15. The fourth-order valence-corrected chi connectivity index (χ4v) is 2.69. The van der Waals surface area contributed by atoms with Crippen molar-refractivity contribution in [3.63, 3.8) is 0 Å². The quantitative estimate of drug-likeness (QED) is 0.898. The molecular weight excluding hydrogens is 257 g/mol. The van der Waals surface area contributed by atoms with E-state index in [4.69, 9.17) is 5.73 Å². The van der Waals surface area contributed by atoms with E-state index in [1.165, 1.54) is 37.0 Å². The van der Waals surface area contributed by atoms with Crippen LogP contribution >= 0.6 is 15.9 Å². The van der Waals surface area contributed by atoms with Crippen molar-refractivity contribution in [3.8, 4) is 0 Å². The Kier molecular flexibility index (Phi) is 3.12. The zero-order valence-electron chi connectivity index (χ0n) is 8.60. The van der Waals surface area contributed by atoms with E-state index in [1.807, 2.05) is 6.07 Å². The fraction of sp³-hybridized carbons (Fsp3) is 0.500. The van der Waals surface area contributed by atoms with Crippen molar-refractivity contribution >= 4 is 15.9 Å². The summed E-state index contributed by atoms with van der Waals surface area (Å²) in [6.45, 7) is 0.733. The van der Waals surface area contributed by atoms with Gasteiger partial charge in [-0.15, -0.1) is 0 Å². The van der Waals surface area contributed by atoms with Gasteiger partial charge >= 0.3 is 0 Å². The van der Waals surface area contributed by atoms with Crippen LogP contribution in [-0.4, -0.2) is 6.54 Å². The van der Waals surface area contributed by atoms with Crippen LogP contribution in [0.2, 0.25) is 0 Å². The van der Waals surface area contributed by atoms with Gasteiger partial charge in [-0.1, -0.05) is 28.4 Å². The molecule has 0 bridgehead atoms. The van der Waals surface area contributed by atoms with E-state index in [0.29, 0.717) is 0 Å². The Balaban J connectivity index is 2.16. The van der Waals surface area contributed by atoms with Crippen molar-refractivity contribution in [1.82, 2.24) is 0 Å². The maximum atomic E-state index is 12.9. The third-order valence-electron chi connectivity index (χ3n) is 3.43. The molecule has 2 N–H and O–H groups in total. The van der Waals surface area contributed by atoms with E-state index >= 15 is 0 Å². The molecule has 1 fully saturated rings. The number of nitrogens with two attached hydrogens (primary N) is 1. The first-order valence-electron chi connectivity index (χ1n) is 5.29. The Bertz CT molecular complexity index is 355. The smallest absolute Gasteiger partial charge is 0.124 e. The molecule has 1 aliphatic carbocycles. The minimum Gasteiger partial charge on any atom is -0.330 e. The van der Waals surface area contributed by atoms with Crippen molar-refractivity contribution in [1.29, 1.82) is 0 Å². The van der Waals surface area contributed by atoms with Crippen LogP contribution in [0, 0.1) is 11.2 Å². The molecule has 1 aromatic carbocycles. The van der Waals surface area contributed by atoms with Crippen LogP contribution in [0.4, 0.5) is 4.39 Å². The zero-order chi connectivity index (χ0) is 10.9. The van der Waals surface area contributed by atoms with E-state index in [1.54, 1.807) is 0 Å². The van der Waals surface area contributed by atoms with E-state index < -0.39 is 0 Å². The lowest BCUT2D eigenvalue weighted by molar-refractivity contribution is 0.144. The summed E-state index contributed by atoms with van der Waals surface area (Å²) in [5, 5.41) is 0. The lowest BCUT2D eigenvalue weighted by Gasteiger charge is -2.41. The van der Waals surface area contributed by atoms with Gasteiger partial charge in [-0.3, -0.25) is 0 Å².